The molecule has 2 rings (SSSR count). The SMILES string of the molecule is CC(=O)Nc1ccc(NC(=O)c2ccc(S(=O)(=O)C(F)(F)F)cc2)c(Cl)c1. The van der Waals surface area contributed by atoms with Gasteiger partial charge in [0.1, 0.15) is 0 Å². The Bertz CT molecular complexity index is 990. The van der Waals surface area contributed by atoms with Crippen LogP contribution in [-0.2, 0) is 14.6 Å². The van der Waals surface area contributed by atoms with E-state index in [1.165, 1.54) is 25.1 Å². The standard InChI is InChI=1S/C16H12ClF3N2O4S/c1-9(23)21-11-4-7-14(13(17)8-11)22-15(24)10-2-5-12(6-3-10)27(25,26)16(18,19)20/h2-8H,1H3,(H,21,23)(H,22,24). The molecule has 0 bridgehead atoms. The van der Waals surface area contributed by atoms with Crippen LogP contribution < -0.4 is 10.6 Å². The van der Waals surface area contributed by atoms with E-state index in [1.807, 2.05) is 0 Å². The monoisotopic (exact) mass is 420 g/mol. The van der Waals surface area contributed by atoms with Crippen LogP contribution in [0.1, 0.15) is 17.3 Å². The van der Waals surface area contributed by atoms with Gasteiger partial charge in [-0.3, -0.25) is 9.59 Å². The fourth-order valence-electron chi connectivity index (χ4n) is 2.01. The molecule has 0 spiro atoms. The Hall–Kier alpha value is -2.59. The smallest absolute Gasteiger partial charge is 0.326 e. The van der Waals surface area contributed by atoms with E-state index in [0.29, 0.717) is 17.8 Å². The third-order valence-corrected chi connectivity index (χ3v) is 5.08. The van der Waals surface area contributed by atoms with Crippen LogP contribution in [0.15, 0.2) is 47.4 Å². The zero-order valence-corrected chi connectivity index (χ0v) is 15.2. The zero-order chi connectivity index (χ0) is 20.4. The van der Waals surface area contributed by atoms with E-state index in [-0.39, 0.29) is 22.2 Å². The Morgan fingerprint density at radius 3 is 2.07 bits per heavy atom. The molecule has 144 valence electrons. The molecule has 0 atom stereocenters. The topological polar surface area (TPSA) is 92.3 Å². The molecule has 11 heteroatoms. The molecule has 2 amide bonds. The van der Waals surface area contributed by atoms with E-state index in [1.54, 1.807) is 0 Å². The van der Waals surface area contributed by atoms with Gasteiger partial charge in [-0.1, -0.05) is 11.6 Å². The first-order chi connectivity index (χ1) is 12.4. The number of alkyl halides is 3. The molecule has 0 saturated heterocycles. The highest BCUT2D eigenvalue weighted by atomic mass is 35.5. The second-order valence-electron chi connectivity index (χ2n) is 5.30. The summed E-state index contributed by atoms with van der Waals surface area (Å²) in [5.41, 5.74) is -4.90. The van der Waals surface area contributed by atoms with Gasteiger partial charge in [0, 0.05) is 18.2 Å². The van der Waals surface area contributed by atoms with E-state index in [9.17, 15) is 31.2 Å². The predicted octanol–water partition coefficient (Wildman–Crippen LogP) is 3.84. The molecule has 2 aromatic rings. The Morgan fingerprint density at radius 1 is 1.00 bits per heavy atom. The van der Waals surface area contributed by atoms with Gasteiger partial charge in [0.25, 0.3) is 15.7 Å². The van der Waals surface area contributed by atoms with Gasteiger partial charge in [0.2, 0.25) is 5.91 Å². The van der Waals surface area contributed by atoms with Gasteiger partial charge in [0.05, 0.1) is 15.6 Å². The molecule has 2 N–H and O–H groups in total. The van der Waals surface area contributed by atoms with Crippen molar-refractivity contribution in [3.8, 4) is 0 Å². The van der Waals surface area contributed by atoms with Gasteiger partial charge in [-0.2, -0.15) is 13.2 Å². The van der Waals surface area contributed by atoms with Crippen molar-refractivity contribution in [3.63, 3.8) is 0 Å². The van der Waals surface area contributed by atoms with E-state index in [2.05, 4.69) is 10.6 Å². The molecule has 0 radical (unpaired) electrons. The van der Waals surface area contributed by atoms with Gasteiger partial charge < -0.3 is 10.6 Å². The quantitative estimate of drug-likeness (QED) is 0.786. The molecule has 0 aromatic heterocycles. The highest BCUT2D eigenvalue weighted by Crippen LogP contribution is 2.30. The van der Waals surface area contributed by atoms with Gasteiger partial charge in [0.15, 0.2) is 0 Å². The minimum absolute atomic E-state index is 0.0712. The van der Waals surface area contributed by atoms with E-state index in [0.717, 1.165) is 12.1 Å². The highest BCUT2D eigenvalue weighted by molar-refractivity contribution is 7.92. The van der Waals surface area contributed by atoms with Crippen LogP contribution in [0.5, 0.6) is 0 Å². The van der Waals surface area contributed by atoms with Crippen molar-refractivity contribution >= 4 is 44.6 Å². The summed E-state index contributed by atoms with van der Waals surface area (Å²) in [6.07, 6.45) is 0. The summed E-state index contributed by atoms with van der Waals surface area (Å²) in [4.78, 5) is 22.2. The first-order valence-electron chi connectivity index (χ1n) is 7.22. The van der Waals surface area contributed by atoms with Gasteiger partial charge in [-0.05, 0) is 42.5 Å². The average Bonchev–Trinajstić information content (AvgIpc) is 2.56. The average molecular weight is 421 g/mol. The number of amides is 2. The van der Waals surface area contributed by atoms with E-state index < -0.39 is 26.1 Å². The van der Waals surface area contributed by atoms with E-state index >= 15 is 0 Å². The number of anilines is 2. The summed E-state index contributed by atoms with van der Waals surface area (Å²) in [5.74, 6) is -1.02. The number of hydrogen-bond donors (Lipinski definition) is 2. The first kappa shape index (κ1) is 20.7. The lowest BCUT2D eigenvalue weighted by molar-refractivity contribution is -0.114. The normalized spacial score (nSPS) is 11.7. The maximum Gasteiger partial charge on any atom is 0.501 e. The molecule has 0 aliphatic heterocycles. The number of carbonyl (C=O) groups excluding carboxylic acids is 2. The second kappa shape index (κ2) is 7.57. The van der Waals surface area contributed by atoms with Crippen molar-refractivity contribution in [2.45, 2.75) is 17.3 Å². The number of rotatable bonds is 4. The zero-order valence-electron chi connectivity index (χ0n) is 13.6. The molecule has 2 aromatic carbocycles. The first-order valence-corrected chi connectivity index (χ1v) is 9.08. The lowest BCUT2D eigenvalue weighted by Crippen LogP contribution is -2.23. The molecule has 0 heterocycles. The lowest BCUT2D eigenvalue weighted by atomic mass is 10.2. The van der Waals surface area contributed by atoms with Crippen molar-refractivity contribution in [2.75, 3.05) is 10.6 Å². The Kier molecular flexibility index (Phi) is 5.81. The van der Waals surface area contributed by atoms with Crippen molar-refractivity contribution in [1.82, 2.24) is 0 Å². The largest absolute Gasteiger partial charge is 0.501 e. The maximum atomic E-state index is 12.5. The van der Waals surface area contributed by atoms with Gasteiger partial charge in [-0.15, -0.1) is 0 Å². The van der Waals surface area contributed by atoms with Crippen LogP contribution in [0.4, 0.5) is 24.5 Å². The van der Waals surface area contributed by atoms with Crippen molar-refractivity contribution in [3.05, 3.63) is 53.1 Å². The number of benzene rings is 2. The number of nitrogens with one attached hydrogen (secondary N) is 2. The molecular formula is C16H12ClF3N2O4S. The molecule has 6 nitrogen and oxygen atoms in total. The van der Waals surface area contributed by atoms with E-state index in [4.69, 9.17) is 11.6 Å². The lowest BCUT2D eigenvalue weighted by Gasteiger charge is -2.11. The van der Waals surface area contributed by atoms with Crippen LogP contribution in [0.3, 0.4) is 0 Å². The summed E-state index contributed by atoms with van der Waals surface area (Å²) in [5, 5.41) is 5.06. The minimum Gasteiger partial charge on any atom is -0.326 e. The highest BCUT2D eigenvalue weighted by Gasteiger charge is 2.46. The summed E-state index contributed by atoms with van der Waals surface area (Å²) in [7, 11) is -5.49. The molecule has 0 aliphatic carbocycles. The molecular weight excluding hydrogens is 409 g/mol. The van der Waals surface area contributed by atoms with Crippen LogP contribution in [0.2, 0.25) is 5.02 Å². The summed E-state index contributed by atoms with van der Waals surface area (Å²) >= 11 is 6.01. The second-order valence-corrected chi connectivity index (χ2v) is 7.65. The Morgan fingerprint density at radius 2 is 1.59 bits per heavy atom. The predicted molar refractivity (Wildman–Crippen MR) is 93.4 cm³/mol. The van der Waals surface area contributed by atoms with Gasteiger partial charge >= 0.3 is 5.51 Å². The summed E-state index contributed by atoms with van der Waals surface area (Å²) in [6, 6.07) is 7.60. The Balaban J connectivity index is 2.19. The minimum atomic E-state index is -5.49. The fraction of sp³-hybridized carbons (Fsp3) is 0.125. The number of sulfone groups is 1. The molecule has 27 heavy (non-hydrogen) atoms. The van der Waals surface area contributed by atoms with Crippen molar-refractivity contribution in [1.29, 1.82) is 0 Å². The Labute approximate surface area is 157 Å². The van der Waals surface area contributed by atoms with Gasteiger partial charge in [-0.25, -0.2) is 8.42 Å². The summed E-state index contributed by atoms with van der Waals surface area (Å²) in [6.45, 7) is 1.31. The maximum absolute atomic E-state index is 12.5. The fourth-order valence-corrected chi connectivity index (χ4v) is 3.00. The number of halogens is 4. The molecule has 0 saturated carbocycles. The van der Waals surface area contributed by atoms with Crippen molar-refractivity contribution in [2.24, 2.45) is 0 Å². The third-order valence-electron chi connectivity index (χ3n) is 3.27. The van der Waals surface area contributed by atoms with Crippen LogP contribution in [0, 0.1) is 0 Å². The number of carbonyl (C=O) groups is 2. The third kappa shape index (κ3) is 4.77. The molecule has 0 fully saturated rings. The van der Waals surface area contributed by atoms with Crippen LogP contribution in [-0.4, -0.2) is 25.7 Å². The van der Waals surface area contributed by atoms with Crippen LogP contribution >= 0.6 is 11.6 Å². The summed E-state index contributed by atoms with van der Waals surface area (Å²) < 4.78 is 60.2. The number of hydrogen-bond acceptors (Lipinski definition) is 4. The molecule has 0 aliphatic rings. The van der Waals surface area contributed by atoms with Crippen LogP contribution in [0.25, 0.3) is 0 Å². The molecule has 0 unspecified atom stereocenters. The van der Waals surface area contributed by atoms with Crippen molar-refractivity contribution < 1.29 is 31.2 Å².